The summed E-state index contributed by atoms with van der Waals surface area (Å²) in [5.74, 6) is -2.18. The number of rotatable bonds is 3. The van der Waals surface area contributed by atoms with E-state index in [-0.39, 0.29) is 35.4 Å². The van der Waals surface area contributed by atoms with Crippen molar-refractivity contribution >= 4 is 33.5 Å². The summed E-state index contributed by atoms with van der Waals surface area (Å²) in [5.41, 5.74) is 7.65. The molecule has 0 fully saturated rings. The van der Waals surface area contributed by atoms with Gasteiger partial charge >= 0.3 is 5.97 Å². The molecule has 13 heteroatoms. The van der Waals surface area contributed by atoms with E-state index in [9.17, 15) is 9.18 Å². The minimum absolute atomic E-state index is 0.0131. The van der Waals surface area contributed by atoms with Crippen LogP contribution >= 0.6 is 15.9 Å². The Morgan fingerprint density at radius 2 is 1.95 bits per heavy atom. The second kappa shape index (κ2) is 11.7. The lowest BCUT2D eigenvalue weighted by atomic mass is 9.83. The van der Waals surface area contributed by atoms with Crippen molar-refractivity contribution in [2.24, 2.45) is 10.7 Å². The fraction of sp³-hybridized carbons (Fsp3) is 0.161. The third-order valence-corrected chi connectivity index (χ3v) is 7.73. The van der Waals surface area contributed by atoms with Gasteiger partial charge in [-0.15, -0.1) is 0 Å². The Labute approximate surface area is 257 Å². The van der Waals surface area contributed by atoms with E-state index in [2.05, 4.69) is 25.9 Å². The van der Waals surface area contributed by atoms with Crippen molar-refractivity contribution in [3.05, 3.63) is 106 Å². The number of carboxylic acids is 1. The fourth-order valence-electron chi connectivity index (χ4n) is 5.12. The predicted octanol–water partition coefficient (Wildman–Crippen LogP) is 5.77. The Bertz CT molecular complexity index is 1870. The number of aromatic carboxylic acids is 1. The number of fused-ring (bicyclic) bond motifs is 4. The van der Waals surface area contributed by atoms with E-state index in [1.54, 1.807) is 36.4 Å². The molecule has 1 atom stereocenters. The third-order valence-electron chi connectivity index (χ3n) is 7.24. The molecule has 0 aliphatic carbocycles. The first-order valence-electron chi connectivity index (χ1n) is 13.3. The van der Waals surface area contributed by atoms with Crippen LogP contribution in [0.3, 0.4) is 0 Å². The van der Waals surface area contributed by atoms with Crippen LogP contribution in [0.4, 0.5) is 8.78 Å². The molecule has 0 amide bonds. The number of ether oxygens (including phenoxy) is 3. The zero-order chi connectivity index (χ0) is 31.0. The largest absolute Gasteiger partial charge is 0.507 e. The smallest absolute Gasteiger partial charge is 0.339 e. The van der Waals surface area contributed by atoms with Gasteiger partial charge in [-0.05, 0) is 60.0 Å². The molecule has 0 radical (unpaired) electrons. The summed E-state index contributed by atoms with van der Waals surface area (Å²) in [5, 5.41) is 17.5. The van der Waals surface area contributed by atoms with Crippen molar-refractivity contribution in [1.82, 2.24) is 9.97 Å². The highest BCUT2D eigenvalue weighted by Gasteiger charge is 2.49. The van der Waals surface area contributed by atoms with E-state index in [0.717, 1.165) is 5.57 Å². The second-order valence-electron chi connectivity index (χ2n) is 9.94. The molecule has 1 spiro atoms. The summed E-state index contributed by atoms with van der Waals surface area (Å²) in [7, 11) is 0. The molecule has 4 N–H and O–H groups in total. The number of aliphatic imine (C=N–C) groups is 1. The summed E-state index contributed by atoms with van der Waals surface area (Å²) in [4.78, 5) is 23.4. The van der Waals surface area contributed by atoms with Gasteiger partial charge in [0.25, 0.3) is 6.02 Å². The van der Waals surface area contributed by atoms with Gasteiger partial charge in [-0.2, -0.15) is 4.39 Å². The number of benzene rings is 2. The summed E-state index contributed by atoms with van der Waals surface area (Å²) in [6.45, 7) is 0.985. The van der Waals surface area contributed by atoms with Crippen LogP contribution in [0, 0.1) is 11.8 Å². The van der Waals surface area contributed by atoms with Gasteiger partial charge in [-0.3, -0.25) is 0 Å². The van der Waals surface area contributed by atoms with Crippen LogP contribution in [0.15, 0.2) is 76.3 Å². The molecule has 7 rings (SSSR count). The van der Waals surface area contributed by atoms with Crippen LogP contribution in [0.5, 0.6) is 17.2 Å². The molecular weight excluding hydrogens is 642 g/mol. The van der Waals surface area contributed by atoms with Gasteiger partial charge < -0.3 is 30.2 Å². The van der Waals surface area contributed by atoms with E-state index in [0.29, 0.717) is 52.2 Å². The lowest BCUT2D eigenvalue weighted by Gasteiger charge is -2.33. The maximum atomic E-state index is 15.3. The van der Waals surface area contributed by atoms with Crippen molar-refractivity contribution in [3.63, 3.8) is 0 Å². The lowest BCUT2D eigenvalue weighted by molar-refractivity contribution is 0.0693. The van der Waals surface area contributed by atoms with E-state index in [4.69, 9.17) is 35.1 Å². The molecule has 10 nitrogen and oxygen atoms in total. The molecule has 0 saturated carbocycles. The van der Waals surface area contributed by atoms with Crippen LogP contribution < -0.4 is 10.5 Å². The number of carbonyl (C=O) groups is 1. The normalized spacial score (nSPS) is 18.1. The number of amidine groups is 1. The fourth-order valence-corrected chi connectivity index (χ4v) is 5.48. The van der Waals surface area contributed by atoms with Gasteiger partial charge in [0, 0.05) is 27.9 Å². The number of phenols is 1. The lowest BCUT2D eigenvalue weighted by Crippen LogP contribution is -2.33. The summed E-state index contributed by atoms with van der Waals surface area (Å²) in [6.07, 6.45) is 3.88. The Morgan fingerprint density at radius 1 is 1.11 bits per heavy atom. The summed E-state index contributed by atoms with van der Waals surface area (Å²) >= 11 is 3.09. The highest BCUT2D eigenvalue weighted by atomic mass is 79.9. The number of aromatic nitrogens is 2. The first-order valence-corrected chi connectivity index (χ1v) is 14.1. The molecule has 4 aromatic rings. The first-order chi connectivity index (χ1) is 21.2. The number of carboxylic acid groups (broad SMARTS) is 1. The van der Waals surface area contributed by atoms with Crippen molar-refractivity contribution in [3.8, 4) is 28.4 Å². The number of nitrogens with two attached hydrogens (primary N) is 1. The third kappa shape index (κ3) is 5.35. The van der Waals surface area contributed by atoms with Crippen LogP contribution in [0.25, 0.3) is 16.7 Å². The Kier molecular flexibility index (Phi) is 7.74. The standard InChI is InChI=1S/C24H18F2N4O3.C7H5BrO3/c25-17-11-18(13-5-8-31-9-6-13)29-21-20(17)33-19-4-3-14(15-2-1-7-28-22(15)26)10-16(19)24(21)12-32-23(27)30-24;8-4-1-2-6(9)5(3-4)7(10)11/h1-5,7,10-11H,6,8-9,12H2,(H2,27,30);1-3,9H,(H,10,11). The van der Waals surface area contributed by atoms with Crippen LogP contribution in [-0.4, -0.2) is 52.0 Å². The molecule has 1 unspecified atom stereocenters. The van der Waals surface area contributed by atoms with Crippen molar-refractivity contribution in [1.29, 1.82) is 0 Å². The zero-order valence-corrected chi connectivity index (χ0v) is 24.3. The number of hydrogen-bond acceptors (Lipinski definition) is 9. The molecular formula is C31H23BrF2N4O6. The number of hydrogen-bond donors (Lipinski definition) is 3. The predicted molar refractivity (Wildman–Crippen MR) is 158 cm³/mol. The number of halogens is 3. The van der Waals surface area contributed by atoms with Gasteiger partial charge in [0.05, 0.1) is 18.9 Å². The first kappa shape index (κ1) is 29.2. The average molecular weight is 665 g/mol. The van der Waals surface area contributed by atoms with E-state index >= 15 is 4.39 Å². The van der Waals surface area contributed by atoms with Crippen LogP contribution in [0.1, 0.15) is 33.7 Å². The Hall–Kier alpha value is -4.88. The summed E-state index contributed by atoms with van der Waals surface area (Å²) in [6, 6.07) is 13.9. The molecule has 2 aromatic heterocycles. The van der Waals surface area contributed by atoms with Crippen LogP contribution in [0.2, 0.25) is 0 Å². The minimum Gasteiger partial charge on any atom is -0.507 e. The van der Waals surface area contributed by atoms with Crippen molar-refractivity contribution in [2.75, 3.05) is 19.8 Å². The minimum atomic E-state index is -1.23. The van der Waals surface area contributed by atoms with Crippen LogP contribution in [-0.2, 0) is 15.0 Å². The Balaban J connectivity index is 0.000000265. The molecule has 3 aliphatic heterocycles. The van der Waals surface area contributed by atoms with Gasteiger partial charge in [-0.1, -0.05) is 28.1 Å². The average Bonchev–Trinajstić information content (AvgIpc) is 3.41. The highest BCUT2D eigenvalue weighted by molar-refractivity contribution is 9.10. The summed E-state index contributed by atoms with van der Waals surface area (Å²) < 4.78 is 47.2. The maximum Gasteiger partial charge on any atom is 0.339 e. The van der Waals surface area contributed by atoms with E-state index in [1.807, 2.05) is 6.08 Å². The number of aromatic hydroxyl groups is 1. The molecule has 5 heterocycles. The molecule has 3 aliphatic rings. The van der Waals surface area contributed by atoms with E-state index < -0.39 is 23.3 Å². The zero-order valence-electron chi connectivity index (χ0n) is 22.8. The topological polar surface area (TPSA) is 149 Å². The molecule has 2 aromatic carbocycles. The van der Waals surface area contributed by atoms with Gasteiger partial charge in [0.2, 0.25) is 5.95 Å². The molecule has 44 heavy (non-hydrogen) atoms. The molecule has 224 valence electrons. The van der Waals surface area contributed by atoms with Gasteiger partial charge in [-0.25, -0.2) is 24.1 Å². The highest BCUT2D eigenvalue weighted by Crippen LogP contribution is 2.52. The number of pyridine rings is 2. The Morgan fingerprint density at radius 3 is 2.64 bits per heavy atom. The monoisotopic (exact) mass is 664 g/mol. The van der Waals surface area contributed by atoms with Crippen molar-refractivity contribution in [2.45, 2.75) is 12.0 Å². The van der Waals surface area contributed by atoms with Crippen molar-refractivity contribution < 1.29 is 38.0 Å². The molecule has 0 saturated heterocycles. The van der Waals surface area contributed by atoms with Gasteiger partial charge in [0.1, 0.15) is 29.4 Å². The maximum absolute atomic E-state index is 15.3. The van der Waals surface area contributed by atoms with E-state index in [1.165, 1.54) is 24.4 Å². The molecule has 0 bridgehead atoms. The van der Waals surface area contributed by atoms with Gasteiger partial charge in [0.15, 0.2) is 17.1 Å². The second-order valence-corrected chi connectivity index (χ2v) is 10.9. The quantitative estimate of drug-likeness (QED) is 0.232. The SMILES string of the molecule is NC1=NC2(CO1)c1cc(-c3cccnc3F)ccc1Oc1c(F)cc(C3=CCOCC3)nc12.O=C(O)c1cc(Br)ccc1O. The number of nitrogens with zero attached hydrogens (tertiary/aromatic N) is 3.